The van der Waals surface area contributed by atoms with Crippen molar-refractivity contribution in [3.8, 4) is 5.75 Å². The van der Waals surface area contributed by atoms with Gasteiger partial charge in [-0.15, -0.1) is 13.2 Å². The Bertz CT molecular complexity index is 1120. The Morgan fingerprint density at radius 3 is 2.35 bits per heavy atom. The molecule has 34 heavy (non-hydrogen) atoms. The number of imidazole rings is 1. The van der Waals surface area contributed by atoms with Crippen LogP contribution in [0, 0.1) is 17.8 Å². The average molecular weight is 474 g/mol. The van der Waals surface area contributed by atoms with E-state index >= 15 is 0 Å². The Morgan fingerprint density at radius 1 is 1.03 bits per heavy atom. The monoisotopic (exact) mass is 473 g/mol. The van der Waals surface area contributed by atoms with Gasteiger partial charge in [-0.2, -0.15) is 0 Å². The second kappa shape index (κ2) is 9.51. The Morgan fingerprint density at radius 2 is 1.74 bits per heavy atom. The second-order valence-corrected chi connectivity index (χ2v) is 10.3. The fourth-order valence-electron chi connectivity index (χ4n) is 5.22. The number of anilines is 2. The molecule has 0 unspecified atom stereocenters. The van der Waals surface area contributed by atoms with E-state index in [1.807, 2.05) is 0 Å². The van der Waals surface area contributed by atoms with Crippen molar-refractivity contribution in [2.75, 3.05) is 5.32 Å². The van der Waals surface area contributed by atoms with Crippen LogP contribution in [0.4, 0.5) is 24.8 Å². The topological polar surface area (TPSA) is 39.1 Å². The molecule has 1 aromatic heterocycles. The van der Waals surface area contributed by atoms with Crippen LogP contribution in [0.5, 0.6) is 5.75 Å². The molecule has 0 bridgehead atoms. The zero-order valence-electron chi connectivity index (χ0n) is 20.5. The van der Waals surface area contributed by atoms with E-state index in [0.29, 0.717) is 35.4 Å². The van der Waals surface area contributed by atoms with E-state index in [1.165, 1.54) is 30.5 Å². The van der Waals surface area contributed by atoms with Crippen molar-refractivity contribution in [3.63, 3.8) is 0 Å². The van der Waals surface area contributed by atoms with E-state index in [0.717, 1.165) is 23.4 Å². The molecule has 0 saturated heterocycles. The van der Waals surface area contributed by atoms with Crippen molar-refractivity contribution >= 4 is 22.7 Å². The molecule has 0 spiro atoms. The van der Waals surface area contributed by atoms with Crippen LogP contribution >= 0.6 is 0 Å². The number of hydrogen-bond donors (Lipinski definition) is 1. The molecule has 3 atom stereocenters. The molecule has 1 aliphatic carbocycles. The van der Waals surface area contributed by atoms with E-state index in [1.54, 1.807) is 12.1 Å². The largest absolute Gasteiger partial charge is 0.573 e. The summed E-state index contributed by atoms with van der Waals surface area (Å²) in [6.45, 7) is 11.2. The number of rotatable bonds is 6. The SMILES string of the molecule is CC(C)c1ccc2c(c1)nc(Nc1ccc(OC(F)(F)F)cc1)n2[C@@H]1C[C@H](C)CC[C@@H]1C(C)C. The van der Waals surface area contributed by atoms with Crippen molar-refractivity contribution in [2.45, 2.75) is 72.2 Å². The highest BCUT2D eigenvalue weighted by Crippen LogP contribution is 2.44. The Labute approximate surface area is 199 Å². The number of nitrogens with zero attached hydrogens (tertiary/aromatic N) is 2. The van der Waals surface area contributed by atoms with E-state index in [4.69, 9.17) is 4.98 Å². The van der Waals surface area contributed by atoms with Gasteiger partial charge >= 0.3 is 6.36 Å². The normalized spacial score (nSPS) is 21.4. The predicted octanol–water partition coefficient (Wildman–Crippen LogP) is 8.44. The number of fused-ring (bicyclic) bond motifs is 1. The summed E-state index contributed by atoms with van der Waals surface area (Å²) < 4.78 is 44.0. The molecule has 0 aliphatic heterocycles. The summed E-state index contributed by atoms with van der Waals surface area (Å²) in [6.07, 6.45) is -1.23. The van der Waals surface area contributed by atoms with Crippen LogP contribution in [-0.2, 0) is 0 Å². The number of hydrogen-bond acceptors (Lipinski definition) is 3. The van der Waals surface area contributed by atoms with Crippen LogP contribution < -0.4 is 10.1 Å². The molecular formula is C27H34F3N3O. The van der Waals surface area contributed by atoms with E-state index in [9.17, 15) is 13.2 Å². The van der Waals surface area contributed by atoms with Crippen LogP contribution in [0.1, 0.15) is 71.4 Å². The fourth-order valence-corrected chi connectivity index (χ4v) is 5.22. The highest BCUT2D eigenvalue weighted by atomic mass is 19.4. The lowest BCUT2D eigenvalue weighted by molar-refractivity contribution is -0.274. The highest BCUT2D eigenvalue weighted by molar-refractivity contribution is 5.81. The van der Waals surface area contributed by atoms with Gasteiger partial charge in [-0.3, -0.25) is 0 Å². The van der Waals surface area contributed by atoms with Gasteiger partial charge < -0.3 is 14.6 Å². The molecule has 1 N–H and O–H groups in total. The van der Waals surface area contributed by atoms with Crippen LogP contribution in [0.3, 0.4) is 0 Å². The molecule has 1 fully saturated rings. The predicted molar refractivity (Wildman–Crippen MR) is 131 cm³/mol. The van der Waals surface area contributed by atoms with E-state index < -0.39 is 6.36 Å². The third kappa shape index (κ3) is 5.34. The zero-order chi connectivity index (χ0) is 24.6. The summed E-state index contributed by atoms with van der Waals surface area (Å²) >= 11 is 0. The average Bonchev–Trinajstić information content (AvgIpc) is 3.10. The van der Waals surface area contributed by atoms with Crippen molar-refractivity contribution < 1.29 is 17.9 Å². The van der Waals surface area contributed by atoms with Crippen LogP contribution in [0.15, 0.2) is 42.5 Å². The van der Waals surface area contributed by atoms with Gasteiger partial charge in [-0.05, 0) is 78.5 Å². The third-order valence-electron chi connectivity index (χ3n) is 7.04. The lowest BCUT2D eigenvalue weighted by Gasteiger charge is -2.39. The first-order valence-corrected chi connectivity index (χ1v) is 12.2. The van der Waals surface area contributed by atoms with Crippen LogP contribution in [0.25, 0.3) is 11.0 Å². The van der Waals surface area contributed by atoms with Gasteiger partial charge in [0.25, 0.3) is 0 Å². The quantitative estimate of drug-likeness (QED) is 0.390. The minimum absolute atomic E-state index is 0.242. The molecule has 0 amide bonds. The summed E-state index contributed by atoms with van der Waals surface area (Å²) in [5, 5.41) is 3.39. The zero-order valence-corrected chi connectivity index (χ0v) is 20.5. The molecule has 4 rings (SSSR count). The molecule has 0 radical (unpaired) electrons. The summed E-state index contributed by atoms with van der Waals surface area (Å²) in [4.78, 5) is 4.97. The van der Waals surface area contributed by atoms with Crippen molar-refractivity contribution in [1.29, 1.82) is 0 Å². The van der Waals surface area contributed by atoms with E-state index in [2.05, 4.69) is 67.4 Å². The summed E-state index contributed by atoms with van der Waals surface area (Å²) in [5.74, 6) is 2.57. The molecular weight excluding hydrogens is 439 g/mol. The first-order valence-electron chi connectivity index (χ1n) is 12.2. The van der Waals surface area contributed by atoms with Gasteiger partial charge in [-0.1, -0.05) is 47.1 Å². The second-order valence-electron chi connectivity index (χ2n) is 10.3. The van der Waals surface area contributed by atoms with Gasteiger partial charge in [0.15, 0.2) is 0 Å². The number of nitrogens with one attached hydrogen (secondary N) is 1. The molecule has 7 heteroatoms. The van der Waals surface area contributed by atoms with Crippen molar-refractivity contribution in [3.05, 3.63) is 48.0 Å². The molecule has 184 valence electrons. The van der Waals surface area contributed by atoms with Gasteiger partial charge in [0, 0.05) is 11.7 Å². The van der Waals surface area contributed by atoms with Gasteiger partial charge in [0.2, 0.25) is 5.95 Å². The van der Waals surface area contributed by atoms with Crippen LogP contribution in [0.2, 0.25) is 0 Å². The first kappa shape index (κ1) is 24.4. The third-order valence-corrected chi connectivity index (χ3v) is 7.04. The Hall–Kier alpha value is -2.70. The maximum atomic E-state index is 12.5. The lowest BCUT2D eigenvalue weighted by Crippen LogP contribution is -2.30. The fraction of sp³-hybridized carbons (Fsp3) is 0.519. The Kier molecular flexibility index (Phi) is 6.83. The number of aromatic nitrogens is 2. The standard InChI is InChI=1S/C27H34F3N3O/c1-16(2)19-7-13-24-23(15-19)32-26(31-20-8-10-21(11-9-20)34-27(28,29)30)33(24)25-14-18(5)6-12-22(25)17(3)4/h7-11,13,15-18,22,25H,6,12,14H2,1-5H3,(H,31,32)/t18-,22-,25-/m1/s1. The van der Waals surface area contributed by atoms with Crippen molar-refractivity contribution in [1.82, 2.24) is 9.55 Å². The maximum Gasteiger partial charge on any atom is 0.573 e. The maximum absolute atomic E-state index is 12.5. The molecule has 1 heterocycles. The highest BCUT2D eigenvalue weighted by Gasteiger charge is 2.34. The lowest BCUT2D eigenvalue weighted by atomic mass is 9.74. The van der Waals surface area contributed by atoms with Crippen LogP contribution in [-0.4, -0.2) is 15.9 Å². The minimum Gasteiger partial charge on any atom is -0.406 e. The van der Waals surface area contributed by atoms with Gasteiger partial charge in [0.1, 0.15) is 5.75 Å². The Balaban J connectivity index is 1.75. The van der Waals surface area contributed by atoms with E-state index in [-0.39, 0.29) is 5.75 Å². The summed E-state index contributed by atoms with van der Waals surface area (Å²) in [5.41, 5.74) is 3.93. The summed E-state index contributed by atoms with van der Waals surface area (Å²) in [7, 11) is 0. The number of benzene rings is 2. The van der Waals surface area contributed by atoms with Crippen molar-refractivity contribution in [2.24, 2.45) is 17.8 Å². The summed E-state index contributed by atoms with van der Waals surface area (Å²) in [6, 6.07) is 12.6. The minimum atomic E-state index is -4.71. The smallest absolute Gasteiger partial charge is 0.406 e. The number of alkyl halides is 3. The molecule has 1 aliphatic rings. The van der Waals surface area contributed by atoms with Gasteiger partial charge in [0.05, 0.1) is 11.0 Å². The molecule has 1 saturated carbocycles. The van der Waals surface area contributed by atoms with Gasteiger partial charge in [-0.25, -0.2) is 4.98 Å². The number of ether oxygens (including phenoxy) is 1. The first-order chi connectivity index (χ1) is 16.0. The number of halogens is 3. The molecule has 3 aromatic rings. The molecule has 2 aromatic carbocycles. The molecule has 4 nitrogen and oxygen atoms in total.